The summed E-state index contributed by atoms with van der Waals surface area (Å²) in [5.41, 5.74) is 0.0379. The molecule has 282 valence electrons. The summed E-state index contributed by atoms with van der Waals surface area (Å²) in [4.78, 5) is 98.2. The minimum atomic E-state index is -1.57. The normalized spacial score (nSPS) is 25.4. The van der Waals surface area contributed by atoms with E-state index in [-0.39, 0.29) is 37.9 Å². The van der Waals surface area contributed by atoms with Crippen LogP contribution < -0.4 is 16.0 Å². The first-order valence-corrected chi connectivity index (χ1v) is 17.4. The van der Waals surface area contributed by atoms with Gasteiger partial charge in [0, 0.05) is 32.6 Å². The molecular weight excluding hydrogens is 682 g/mol. The molecule has 0 spiro atoms. The first kappa shape index (κ1) is 39.6. The van der Waals surface area contributed by atoms with E-state index in [2.05, 4.69) is 22.5 Å². The zero-order valence-electron chi connectivity index (χ0n) is 29.6. The molecule has 3 aliphatic rings. The smallest absolute Gasteiger partial charge is 0.328 e. The summed E-state index contributed by atoms with van der Waals surface area (Å²) < 4.78 is 33.8. The number of halogens is 2. The van der Waals surface area contributed by atoms with Crippen LogP contribution in [0.15, 0.2) is 43.0 Å². The third-order valence-electron chi connectivity index (χ3n) is 9.47. The summed E-state index contributed by atoms with van der Waals surface area (Å²) in [6.07, 6.45) is 6.52. The van der Waals surface area contributed by atoms with Crippen molar-refractivity contribution in [2.45, 2.75) is 95.0 Å². The Bertz CT molecular complexity index is 1580. The van der Waals surface area contributed by atoms with Crippen LogP contribution in [0.25, 0.3) is 0 Å². The molecule has 1 aromatic carbocycles. The summed E-state index contributed by atoms with van der Waals surface area (Å²) in [5.74, 6) is -6.73. The Hall–Kier alpha value is -5.15. The van der Waals surface area contributed by atoms with Gasteiger partial charge in [-0.05, 0) is 76.1 Å². The summed E-state index contributed by atoms with van der Waals surface area (Å²) in [6, 6.07) is -4.44. The van der Waals surface area contributed by atoms with Gasteiger partial charge in [0.1, 0.15) is 54.5 Å². The Morgan fingerprint density at radius 1 is 0.962 bits per heavy atom. The number of ether oxygens (including phenoxy) is 1. The standard InChI is InChI=1S/C36H46F2N6O8/c1-5-6-7-8-13-30(45)40-26(18-23-16-24(37)19-25(38)17-23)32(47)41-27-20-52-36(51)29-12-10-15-44(29)33(48)21(2)39-31(46)22(3)42(4)35(50)28-11-9-14-43(28)34(27)49/h5,8,13,16-17,19,21-22,26-29H,1,6-7,9-12,14-15,18,20H2,2-4H3,(H,39,46)(H,40,45)(H,41,47)/t21-,22-,26-,27-,28-,29-/m0/s1. The van der Waals surface area contributed by atoms with Gasteiger partial charge in [-0.2, -0.15) is 0 Å². The molecule has 4 rings (SSSR count). The van der Waals surface area contributed by atoms with E-state index in [0.29, 0.717) is 31.7 Å². The number of rotatable bonds is 9. The first-order valence-electron chi connectivity index (χ1n) is 17.4. The van der Waals surface area contributed by atoms with E-state index in [0.717, 1.165) is 12.1 Å². The van der Waals surface area contributed by atoms with Crippen LogP contribution in [0.4, 0.5) is 8.78 Å². The van der Waals surface area contributed by atoms with Gasteiger partial charge >= 0.3 is 5.97 Å². The lowest BCUT2D eigenvalue weighted by molar-refractivity contribution is -0.158. The second kappa shape index (κ2) is 17.9. The van der Waals surface area contributed by atoms with E-state index in [4.69, 9.17) is 4.74 Å². The molecule has 0 aromatic heterocycles. The van der Waals surface area contributed by atoms with Crippen molar-refractivity contribution < 1.29 is 47.1 Å². The van der Waals surface area contributed by atoms with Gasteiger partial charge in [-0.3, -0.25) is 28.8 Å². The average Bonchev–Trinajstić information content (AvgIpc) is 3.80. The molecule has 16 heteroatoms. The molecule has 0 saturated carbocycles. The van der Waals surface area contributed by atoms with Gasteiger partial charge in [0.05, 0.1) is 0 Å². The Balaban J connectivity index is 1.66. The topological polar surface area (TPSA) is 175 Å². The van der Waals surface area contributed by atoms with Crippen molar-refractivity contribution in [2.24, 2.45) is 0 Å². The molecule has 6 atom stereocenters. The summed E-state index contributed by atoms with van der Waals surface area (Å²) >= 11 is 0. The molecule has 0 radical (unpaired) electrons. The minimum absolute atomic E-state index is 0.0379. The van der Waals surface area contributed by atoms with Crippen LogP contribution in [0.1, 0.15) is 57.9 Å². The highest BCUT2D eigenvalue weighted by molar-refractivity contribution is 5.98. The third kappa shape index (κ3) is 9.79. The third-order valence-corrected chi connectivity index (χ3v) is 9.47. The Morgan fingerprint density at radius 3 is 2.25 bits per heavy atom. The van der Waals surface area contributed by atoms with Crippen molar-refractivity contribution in [2.75, 3.05) is 26.7 Å². The fourth-order valence-electron chi connectivity index (χ4n) is 6.52. The number of esters is 1. The fraction of sp³-hybridized carbons (Fsp3) is 0.528. The zero-order chi connectivity index (χ0) is 38.1. The van der Waals surface area contributed by atoms with Crippen LogP contribution in [0, 0.1) is 11.6 Å². The van der Waals surface area contributed by atoms with Crippen LogP contribution in [0.3, 0.4) is 0 Å². The Labute approximate surface area is 300 Å². The molecule has 14 nitrogen and oxygen atoms in total. The molecule has 3 saturated heterocycles. The lowest BCUT2D eigenvalue weighted by atomic mass is 10.0. The second-order valence-electron chi connectivity index (χ2n) is 13.2. The van der Waals surface area contributed by atoms with Crippen molar-refractivity contribution in [1.82, 2.24) is 30.7 Å². The van der Waals surface area contributed by atoms with Gasteiger partial charge in [-0.15, -0.1) is 6.58 Å². The number of allylic oxidation sites excluding steroid dienone is 2. The van der Waals surface area contributed by atoms with Crippen LogP contribution in [0.2, 0.25) is 0 Å². The van der Waals surface area contributed by atoms with Crippen LogP contribution in [-0.2, 0) is 44.7 Å². The van der Waals surface area contributed by atoms with E-state index in [1.807, 2.05) is 0 Å². The molecule has 52 heavy (non-hydrogen) atoms. The number of unbranched alkanes of at least 4 members (excludes halogenated alkanes) is 1. The molecule has 0 bridgehead atoms. The fourth-order valence-corrected chi connectivity index (χ4v) is 6.52. The SMILES string of the molecule is C=CCCC=CC(=O)N[C@@H](Cc1cc(F)cc(F)c1)C(=O)N[C@H]1COC(=O)[C@@H]2CCCN2C(=O)[C@H](C)NC(=O)[C@H](C)N(C)C(=O)[C@@H]2CCCN2C1=O. The zero-order valence-corrected chi connectivity index (χ0v) is 29.6. The van der Waals surface area contributed by atoms with Crippen molar-refractivity contribution in [1.29, 1.82) is 0 Å². The van der Waals surface area contributed by atoms with Crippen LogP contribution in [-0.4, -0.2) is 119 Å². The number of fused-ring (bicyclic) bond motifs is 2. The van der Waals surface area contributed by atoms with Crippen molar-refractivity contribution in [3.63, 3.8) is 0 Å². The number of likely N-dealkylation sites (N-methyl/N-ethyl adjacent to an activating group) is 1. The molecule has 3 heterocycles. The van der Waals surface area contributed by atoms with Crippen LogP contribution in [0.5, 0.6) is 0 Å². The maximum absolute atomic E-state index is 14.2. The van der Waals surface area contributed by atoms with Gasteiger partial charge in [-0.25, -0.2) is 13.6 Å². The number of carbonyl (C=O) groups excluding carboxylic acids is 7. The Morgan fingerprint density at radius 2 is 1.60 bits per heavy atom. The molecular formula is C36H46F2N6O8. The highest BCUT2D eigenvalue weighted by atomic mass is 19.1. The molecule has 0 unspecified atom stereocenters. The predicted octanol–water partition coefficient (Wildman–Crippen LogP) is 0.890. The summed E-state index contributed by atoms with van der Waals surface area (Å²) in [6.45, 7) is 6.23. The average molecular weight is 729 g/mol. The lowest BCUT2D eigenvalue weighted by Crippen LogP contribution is -2.60. The first-order chi connectivity index (χ1) is 24.7. The molecule has 1 aromatic rings. The molecule has 3 fully saturated rings. The van der Waals surface area contributed by atoms with Crippen molar-refractivity contribution in [3.05, 3.63) is 60.2 Å². The predicted molar refractivity (Wildman–Crippen MR) is 183 cm³/mol. The molecule has 3 aliphatic heterocycles. The number of hydrogen-bond acceptors (Lipinski definition) is 8. The minimum Gasteiger partial charge on any atom is -0.461 e. The quantitative estimate of drug-likeness (QED) is 0.146. The largest absolute Gasteiger partial charge is 0.461 e. The number of hydrogen-bond donors (Lipinski definition) is 3. The Kier molecular flexibility index (Phi) is 13.6. The number of nitrogens with one attached hydrogen (secondary N) is 3. The molecule has 3 N–H and O–H groups in total. The number of carbonyl (C=O) groups is 7. The number of benzene rings is 1. The maximum atomic E-state index is 14.2. The van der Waals surface area contributed by atoms with E-state index in [9.17, 15) is 42.3 Å². The van der Waals surface area contributed by atoms with E-state index >= 15 is 0 Å². The highest BCUT2D eigenvalue weighted by Gasteiger charge is 2.43. The van der Waals surface area contributed by atoms with Gasteiger partial charge < -0.3 is 35.4 Å². The number of nitrogens with zero attached hydrogens (tertiary/aromatic N) is 3. The van der Waals surface area contributed by atoms with Gasteiger partial charge in [-0.1, -0.05) is 12.2 Å². The van der Waals surface area contributed by atoms with E-state index in [1.165, 1.54) is 41.7 Å². The van der Waals surface area contributed by atoms with E-state index < -0.39 is 95.9 Å². The second-order valence-corrected chi connectivity index (χ2v) is 13.2. The maximum Gasteiger partial charge on any atom is 0.328 e. The van der Waals surface area contributed by atoms with E-state index in [1.54, 1.807) is 12.2 Å². The number of cyclic esters (lactones) is 1. The molecule has 0 aliphatic carbocycles. The van der Waals surface area contributed by atoms with Crippen molar-refractivity contribution in [3.8, 4) is 0 Å². The van der Waals surface area contributed by atoms with Gasteiger partial charge in [0.25, 0.3) is 0 Å². The summed E-state index contributed by atoms with van der Waals surface area (Å²) in [5, 5.41) is 7.67. The molecule has 6 amide bonds. The van der Waals surface area contributed by atoms with Gasteiger partial charge in [0.15, 0.2) is 0 Å². The lowest BCUT2D eigenvalue weighted by Gasteiger charge is -2.34. The van der Waals surface area contributed by atoms with Crippen LogP contribution >= 0.6 is 0 Å². The number of amides is 6. The van der Waals surface area contributed by atoms with Crippen molar-refractivity contribution >= 4 is 41.4 Å². The monoisotopic (exact) mass is 728 g/mol. The highest BCUT2D eigenvalue weighted by Crippen LogP contribution is 2.23. The van der Waals surface area contributed by atoms with Gasteiger partial charge in [0.2, 0.25) is 35.4 Å². The summed E-state index contributed by atoms with van der Waals surface area (Å²) in [7, 11) is 1.41.